The van der Waals surface area contributed by atoms with Gasteiger partial charge in [-0.15, -0.1) is 0 Å². The van der Waals surface area contributed by atoms with E-state index < -0.39 is 0 Å². The van der Waals surface area contributed by atoms with E-state index in [1.807, 2.05) is 18.5 Å². The molecular formula is C9H11N3. The lowest BCUT2D eigenvalue weighted by atomic mass is 10.1. The summed E-state index contributed by atoms with van der Waals surface area (Å²) in [5.41, 5.74) is 1.01. The summed E-state index contributed by atoms with van der Waals surface area (Å²) in [6.45, 7) is 0.779. The van der Waals surface area contributed by atoms with Crippen molar-refractivity contribution in [3.63, 3.8) is 0 Å². The maximum atomic E-state index is 8.79. The predicted octanol–water partition coefficient (Wildman–Crippen LogP) is 1.73. The minimum atomic E-state index is -0.0583. The van der Waals surface area contributed by atoms with Crippen molar-refractivity contribution in [2.24, 2.45) is 5.41 Å². The van der Waals surface area contributed by atoms with Crippen molar-refractivity contribution in [3.8, 4) is 6.07 Å². The van der Waals surface area contributed by atoms with Gasteiger partial charge in [0.25, 0.3) is 0 Å². The molecule has 3 nitrogen and oxygen atoms in total. The van der Waals surface area contributed by atoms with E-state index in [0.717, 1.165) is 25.1 Å². The SMILES string of the molecule is N#CC1(CNc2cc[nH]c2)CC1. The van der Waals surface area contributed by atoms with Crippen LogP contribution in [0.3, 0.4) is 0 Å². The van der Waals surface area contributed by atoms with Gasteiger partial charge in [-0.2, -0.15) is 5.26 Å². The van der Waals surface area contributed by atoms with Gasteiger partial charge in [-0.25, -0.2) is 0 Å². The maximum absolute atomic E-state index is 8.79. The minimum absolute atomic E-state index is 0.0583. The van der Waals surface area contributed by atoms with Gasteiger partial charge < -0.3 is 10.3 Å². The summed E-state index contributed by atoms with van der Waals surface area (Å²) in [5.74, 6) is 0. The van der Waals surface area contributed by atoms with Crippen LogP contribution in [-0.4, -0.2) is 11.5 Å². The standard InChI is InChI=1S/C9H11N3/c10-6-9(2-3-9)7-12-8-1-4-11-5-8/h1,4-5,11-12H,2-3,7H2. The average molecular weight is 161 g/mol. The Balaban J connectivity index is 1.88. The van der Waals surface area contributed by atoms with Gasteiger partial charge in [0, 0.05) is 18.9 Å². The molecule has 0 atom stereocenters. The second-order valence-electron chi connectivity index (χ2n) is 3.35. The summed E-state index contributed by atoms with van der Waals surface area (Å²) in [4.78, 5) is 2.96. The van der Waals surface area contributed by atoms with Gasteiger partial charge in [0.1, 0.15) is 0 Å². The molecule has 1 fully saturated rings. The van der Waals surface area contributed by atoms with E-state index in [2.05, 4.69) is 16.4 Å². The lowest BCUT2D eigenvalue weighted by molar-refractivity contribution is 0.711. The molecule has 2 N–H and O–H groups in total. The molecule has 1 saturated carbocycles. The first-order valence-corrected chi connectivity index (χ1v) is 4.13. The topological polar surface area (TPSA) is 51.6 Å². The molecule has 1 aromatic rings. The first-order chi connectivity index (χ1) is 5.85. The van der Waals surface area contributed by atoms with Crippen molar-refractivity contribution >= 4 is 5.69 Å². The number of nitrogens with one attached hydrogen (secondary N) is 2. The Kier molecular flexibility index (Phi) is 1.54. The van der Waals surface area contributed by atoms with Crippen molar-refractivity contribution < 1.29 is 0 Å². The summed E-state index contributed by atoms with van der Waals surface area (Å²) in [7, 11) is 0. The van der Waals surface area contributed by atoms with Crippen LogP contribution in [0, 0.1) is 16.7 Å². The first-order valence-electron chi connectivity index (χ1n) is 4.13. The number of rotatable bonds is 3. The van der Waals surface area contributed by atoms with Crippen molar-refractivity contribution in [2.45, 2.75) is 12.8 Å². The Hall–Kier alpha value is -1.43. The molecule has 0 bridgehead atoms. The predicted molar refractivity (Wildman–Crippen MR) is 46.6 cm³/mol. The molecule has 0 aromatic carbocycles. The number of aromatic nitrogens is 1. The third-order valence-electron chi connectivity index (χ3n) is 2.32. The Morgan fingerprint density at radius 1 is 1.67 bits per heavy atom. The Bertz CT molecular complexity index is 290. The van der Waals surface area contributed by atoms with Crippen LogP contribution in [0.15, 0.2) is 18.5 Å². The molecule has 2 rings (SSSR count). The zero-order valence-corrected chi connectivity index (χ0v) is 6.80. The molecule has 12 heavy (non-hydrogen) atoms. The highest BCUT2D eigenvalue weighted by Gasteiger charge is 2.42. The van der Waals surface area contributed by atoms with Gasteiger partial charge >= 0.3 is 0 Å². The zero-order valence-electron chi connectivity index (χ0n) is 6.80. The Morgan fingerprint density at radius 3 is 3.00 bits per heavy atom. The zero-order chi connectivity index (χ0) is 8.44. The number of nitriles is 1. The minimum Gasteiger partial charge on any atom is -0.382 e. The molecule has 0 aliphatic heterocycles. The lowest BCUT2D eigenvalue weighted by Gasteiger charge is -2.06. The Labute approximate surface area is 71.4 Å². The summed E-state index contributed by atoms with van der Waals surface area (Å²) >= 11 is 0. The molecule has 1 aromatic heterocycles. The third kappa shape index (κ3) is 1.28. The molecule has 0 saturated heterocycles. The highest BCUT2D eigenvalue weighted by molar-refractivity contribution is 5.41. The summed E-state index contributed by atoms with van der Waals surface area (Å²) in [6, 6.07) is 4.31. The third-order valence-corrected chi connectivity index (χ3v) is 2.32. The number of nitrogens with zero attached hydrogens (tertiary/aromatic N) is 1. The normalized spacial score (nSPS) is 18.2. The van der Waals surface area contributed by atoms with Crippen molar-refractivity contribution in [1.29, 1.82) is 5.26 Å². The van der Waals surface area contributed by atoms with Gasteiger partial charge in [0.15, 0.2) is 0 Å². The van der Waals surface area contributed by atoms with Crippen LogP contribution in [0.1, 0.15) is 12.8 Å². The second kappa shape index (κ2) is 2.56. The van der Waals surface area contributed by atoms with E-state index in [4.69, 9.17) is 5.26 Å². The van der Waals surface area contributed by atoms with Crippen molar-refractivity contribution in [3.05, 3.63) is 18.5 Å². The molecule has 0 radical (unpaired) electrons. The molecule has 1 aliphatic rings. The fourth-order valence-electron chi connectivity index (χ4n) is 1.18. The van der Waals surface area contributed by atoms with Crippen LogP contribution in [-0.2, 0) is 0 Å². The van der Waals surface area contributed by atoms with Gasteiger partial charge in [0.05, 0.1) is 17.2 Å². The van der Waals surface area contributed by atoms with E-state index in [1.54, 1.807) is 0 Å². The largest absolute Gasteiger partial charge is 0.382 e. The smallest absolute Gasteiger partial charge is 0.0747 e. The van der Waals surface area contributed by atoms with E-state index in [9.17, 15) is 0 Å². The fourth-order valence-corrected chi connectivity index (χ4v) is 1.18. The quantitative estimate of drug-likeness (QED) is 0.709. The lowest BCUT2D eigenvalue weighted by Crippen LogP contribution is -2.12. The van der Waals surface area contributed by atoms with Crippen LogP contribution in [0.4, 0.5) is 5.69 Å². The van der Waals surface area contributed by atoms with Crippen LogP contribution in [0.2, 0.25) is 0 Å². The Morgan fingerprint density at radius 2 is 2.50 bits per heavy atom. The number of hydrogen-bond acceptors (Lipinski definition) is 2. The maximum Gasteiger partial charge on any atom is 0.0747 e. The average Bonchev–Trinajstić information content (AvgIpc) is 2.70. The summed E-state index contributed by atoms with van der Waals surface area (Å²) in [6.07, 6.45) is 5.85. The highest BCUT2D eigenvalue weighted by atomic mass is 14.9. The molecular weight excluding hydrogens is 150 g/mol. The first kappa shape index (κ1) is 7.23. The fraction of sp³-hybridized carbons (Fsp3) is 0.444. The molecule has 62 valence electrons. The van der Waals surface area contributed by atoms with E-state index in [1.165, 1.54) is 0 Å². The van der Waals surface area contributed by atoms with Gasteiger partial charge in [0.2, 0.25) is 0 Å². The van der Waals surface area contributed by atoms with Gasteiger partial charge in [-0.1, -0.05) is 0 Å². The summed E-state index contributed by atoms with van der Waals surface area (Å²) in [5, 5.41) is 12.0. The summed E-state index contributed by atoms with van der Waals surface area (Å²) < 4.78 is 0. The van der Waals surface area contributed by atoms with E-state index >= 15 is 0 Å². The molecule has 0 unspecified atom stereocenters. The molecule has 1 aliphatic carbocycles. The van der Waals surface area contributed by atoms with Crippen molar-refractivity contribution in [2.75, 3.05) is 11.9 Å². The van der Waals surface area contributed by atoms with E-state index in [0.29, 0.717) is 0 Å². The van der Waals surface area contributed by atoms with Gasteiger partial charge in [-0.3, -0.25) is 0 Å². The van der Waals surface area contributed by atoms with E-state index in [-0.39, 0.29) is 5.41 Å². The number of aromatic amines is 1. The van der Waals surface area contributed by atoms with Gasteiger partial charge in [-0.05, 0) is 18.9 Å². The second-order valence-corrected chi connectivity index (χ2v) is 3.35. The number of H-pyrrole nitrogens is 1. The van der Waals surface area contributed by atoms with Crippen LogP contribution in [0.5, 0.6) is 0 Å². The van der Waals surface area contributed by atoms with Crippen LogP contribution < -0.4 is 5.32 Å². The van der Waals surface area contributed by atoms with Crippen molar-refractivity contribution in [1.82, 2.24) is 4.98 Å². The molecule has 1 heterocycles. The highest BCUT2D eigenvalue weighted by Crippen LogP contribution is 2.44. The number of hydrogen-bond donors (Lipinski definition) is 2. The van der Waals surface area contributed by atoms with Crippen LogP contribution >= 0.6 is 0 Å². The molecule has 3 heteroatoms. The van der Waals surface area contributed by atoms with Crippen LogP contribution in [0.25, 0.3) is 0 Å². The number of anilines is 1. The molecule has 0 amide bonds. The molecule has 0 spiro atoms. The monoisotopic (exact) mass is 161 g/mol.